The van der Waals surface area contributed by atoms with Crippen LogP contribution in [0.2, 0.25) is 0 Å². The molecule has 1 amide bonds. The highest BCUT2D eigenvalue weighted by Crippen LogP contribution is 2.32. The van der Waals surface area contributed by atoms with Crippen LogP contribution in [0.25, 0.3) is 10.2 Å². The van der Waals surface area contributed by atoms with Gasteiger partial charge in [0.25, 0.3) is 5.91 Å². The average Bonchev–Trinajstić information content (AvgIpc) is 3.29. The molecule has 0 atom stereocenters. The van der Waals surface area contributed by atoms with E-state index in [1.165, 1.54) is 4.88 Å². The first-order chi connectivity index (χ1) is 14.6. The highest BCUT2D eigenvalue weighted by atomic mass is 32.1. The van der Waals surface area contributed by atoms with Crippen LogP contribution in [0.5, 0.6) is 11.5 Å². The van der Waals surface area contributed by atoms with Gasteiger partial charge in [-0.3, -0.25) is 9.69 Å². The SMILES string of the molecule is COc1ccc(CNC(=O)c2[nH]c3cc(C)sc3c2CN2CCOCC2)c(OC)c1. The first-order valence-corrected chi connectivity index (χ1v) is 10.8. The molecule has 4 rings (SSSR count). The summed E-state index contributed by atoms with van der Waals surface area (Å²) in [5.41, 5.74) is 3.61. The molecule has 0 radical (unpaired) electrons. The van der Waals surface area contributed by atoms with Crippen LogP contribution in [-0.4, -0.2) is 56.3 Å². The number of aromatic nitrogens is 1. The number of rotatable bonds is 7. The summed E-state index contributed by atoms with van der Waals surface area (Å²) in [7, 11) is 3.23. The summed E-state index contributed by atoms with van der Waals surface area (Å²) in [6, 6.07) is 7.69. The van der Waals surface area contributed by atoms with E-state index in [0.717, 1.165) is 59.9 Å². The van der Waals surface area contributed by atoms with Gasteiger partial charge in [0, 0.05) is 48.2 Å². The van der Waals surface area contributed by atoms with Gasteiger partial charge in [0.2, 0.25) is 0 Å². The Labute approximate surface area is 179 Å². The number of ether oxygens (including phenoxy) is 3. The maximum atomic E-state index is 13.1. The van der Waals surface area contributed by atoms with Gasteiger partial charge in [-0.1, -0.05) is 0 Å². The number of nitrogens with zero attached hydrogens (tertiary/aromatic N) is 1. The third-order valence-electron chi connectivity index (χ3n) is 5.34. The third-order valence-corrected chi connectivity index (χ3v) is 6.45. The number of hydrogen-bond acceptors (Lipinski definition) is 6. The molecule has 0 bridgehead atoms. The summed E-state index contributed by atoms with van der Waals surface area (Å²) in [5, 5.41) is 3.04. The predicted molar refractivity (Wildman–Crippen MR) is 118 cm³/mol. The second kappa shape index (κ2) is 9.07. The van der Waals surface area contributed by atoms with Crippen molar-refractivity contribution in [3.63, 3.8) is 0 Å². The standard InChI is InChI=1S/C22H27N3O4S/c1-14-10-18-21(30-14)17(13-25-6-8-29-9-7-25)20(24-18)22(26)23-12-15-4-5-16(27-2)11-19(15)28-3/h4-5,10-11,24H,6-9,12-13H2,1-3H3,(H,23,26). The zero-order valence-corrected chi connectivity index (χ0v) is 18.4. The summed E-state index contributed by atoms with van der Waals surface area (Å²) in [6.07, 6.45) is 0. The third kappa shape index (κ3) is 4.30. The molecule has 8 heteroatoms. The molecule has 0 unspecified atom stereocenters. The molecule has 1 saturated heterocycles. The number of thiophene rings is 1. The summed E-state index contributed by atoms with van der Waals surface area (Å²) < 4.78 is 17.3. The Bertz CT molecular complexity index is 1040. The highest BCUT2D eigenvalue weighted by Gasteiger charge is 2.22. The van der Waals surface area contributed by atoms with Crippen molar-refractivity contribution in [1.82, 2.24) is 15.2 Å². The molecule has 3 heterocycles. The number of aromatic amines is 1. The van der Waals surface area contributed by atoms with E-state index in [0.29, 0.717) is 18.0 Å². The van der Waals surface area contributed by atoms with Crippen molar-refractivity contribution in [3.05, 3.63) is 46.0 Å². The van der Waals surface area contributed by atoms with Gasteiger partial charge in [-0.05, 0) is 25.1 Å². The molecule has 30 heavy (non-hydrogen) atoms. The van der Waals surface area contributed by atoms with Gasteiger partial charge in [-0.2, -0.15) is 0 Å². The number of aryl methyl sites for hydroxylation is 1. The monoisotopic (exact) mass is 429 g/mol. The second-order valence-electron chi connectivity index (χ2n) is 7.33. The molecule has 0 saturated carbocycles. The van der Waals surface area contributed by atoms with Crippen LogP contribution in [0.4, 0.5) is 0 Å². The first kappa shape index (κ1) is 20.7. The lowest BCUT2D eigenvalue weighted by Gasteiger charge is -2.26. The molecular weight excluding hydrogens is 402 g/mol. The Morgan fingerprint density at radius 2 is 2.03 bits per heavy atom. The van der Waals surface area contributed by atoms with Crippen molar-refractivity contribution in [1.29, 1.82) is 0 Å². The molecule has 1 aliphatic rings. The lowest BCUT2D eigenvalue weighted by Crippen LogP contribution is -2.36. The molecule has 7 nitrogen and oxygen atoms in total. The van der Waals surface area contributed by atoms with Crippen LogP contribution in [0, 0.1) is 6.92 Å². The van der Waals surface area contributed by atoms with E-state index in [-0.39, 0.29) is 5.91 Å². The Hall–Kier alpha value is -2.55. The number of carbonyl (C=O) groups excluding carboxylic acids is 1. The minimum absolute atomic E-state index is 0.114. The normalized spacial score (nSPS) is 14.8. The molecule has 3 aromatic rings. The first-order valence-electron chi connectivity index (χ1n) is 9.99. The van der Waals surface area contributed by atoms with Gasteiger partial charge in [0.05, 0.1) is 37.6 Å². The van der Waals surface area contributed by atoms with Crippen molar-refractivity contribution in [3.8, 4) is 11.5 Å². The van der Waals surface area contributed by atoms with E-state index in [1.54, 1.807) is 25.6 Å². The second-order valence-corrected chi connectivity index (χ2v) is 8.58. The number of hydrogen-bond donors (Lipinski definition) is 2. The molecule has 1 aliphatic heterocycles. The van der Waals surface area contributed by atoms with Gasteiger partial charge < -0.3 is 24.5 Å². The van der Waals surface area contributed by atoms with Gasteiger partial charge in [0.15, 0.2) is 0 Å². The van der Waals surface area contributed by atoms with Crippen LogP contribution in [-0.2, 0) is 17.8 Å². The van der Waals surface area contributed by atoms with Gasteiger partial charge in [0.1, 0.15) is 17.2 Å². The molecule has 1 fully saturated rings. The van der Waals surface area contributed by atoms with E-state index < -0.39 is 0 Å². The molecule has 0 aliphatic carbocycles. The van der Waals surface area contributed by atoms with E-state index in [4.69, 9.17) is 14.2 Å². The summed E-state index contributed by atoms with van der Waals surface area (Å²) in [6.45, 7) is 6.41. The molecule has 0 spiro atoms. The fourth-order valence-corrected chi connectivity index (χ4v) is 4.75. The number of H-pyrrole nitrogens is 1. The summed E-state index contributed by atoms with van der Waals surface area (Å²) in [4.78, 5) is 20.0. The van der Waals surface area contributed by atoms with Crippen LogP contribution in [0.3, 0.4) is 0 Å². The van der Waals surface area contributed by atoms with E-state index in [1.807, 2.05) is 18.2 Å². The lowest BCUT2D eigenvalue weighted by atomic mass is 10.1. The predicted octanol–water partition coefficient (Wildman–Crippen LogP) is 3.32. The number of fused-ring (bicyclic) bond motifs is 1. The van der Waals surface area contributed by atoms with Crippen LogP contribution in [0.15, 0.2) is 24.3 Å². The average molecular weight is 430 g/mol. The zero-order chi connectivity index (χ0) is 21.1. The van der Waals surface area contributed by atoms with Crippen molar-refractivity contribution in [2.24, 2.45) is 0 Å². The topological polar surface area (TPSA) is 75.8 Å². The number of benzene rings is 1. The fourth-order valence-electron chi connectivity index (χ4n) is 3.74. The highest BCUT2D eigenvalue weighted by molar-refractivity contribution is 7.19. The molecule has 1 aromatic carbocycles. The number of nitrogens with one attached hydrogen (secondary N) is 2. The Morgan fingerprint density at radius 3 is 2.77 bits per heavy atom. The molecular formula is C22H27N3O4S. The number of morpholine rings is 1. The van der Waals surface area contributed by atoms with Crippen molar-refractivity contribution in [2.45, 2.75) is 20.0 Å². The minimum Gasteiger partial charge on any atom is -0.497 e. The fraction of sp³-hybridized carbons (Fsp3) is 0.409. The largest absolute Gasteiger partial charge is 0.497 e. The molecule has 2 N–H and O–H groups in total. The maximum Gasteiger partial charge on any atom is 0.268 e. The lowest BCUT2D eigenvalue weighted by molar-refractivity contribution is 0.0342. The van der Waals surface area contributed by atoms with Crippen LogP contribution < -0.4 is 14.8 Å². The summed E-state index contributed by atoms with van der Waals surface area (Å²) >= 11 is 1.73. The van der Waals surface area contributed by atoms with Crippen LogP contribution in [0.1, 0.15) is 26.5 Å². The van der Waals surface area contributed by atoms with Gasteiger partial charge >= 0.3 is 0 Å². The summed E-state index contributed by atoms with van der Waals surface area (Å²) in [5.74, 6) is 1.29. The van der Waals surface area contributed by atoms with Crippen molar-refractivity contribution in [2.75, 3.05) is 40.5 Å². The number of amides is 1. The maximum absolute atomic E-state index is 13.1. The molecule has 160 valence electrons. The van der Waals surface area contributed by atoms with Crippen molar-refractivity contribution >= 4 is 27.5 Å². The van der Waals surface area contributed by atoms with Gasteiger partial charge in [-0.15, -0.1) is 11.3 Å². The number of carbonyl (C=O) groups is 1. The van der Waals surface area contributed by atoms with Crippen LogP contribution >= 0.6 is 11.3 Å². The van der Waals surface area contributed by atoms with E-state index in [9.17, 15) is 4.79 Å². The quantitative estimate of drug-likeness (QED) is 0.603. The Balaban J connectivity index is 1.55. The number of methoxy groups -OCH3 is 2. The van der Waals surface area contributed by atoms with Crippen molar-refractivity contribution < 1.29 is 19.0 Å². The van der Waals surface area contributed by atoms with E-state index >= 15 is 0 Å². The molecule has 2 aromatic heterocycles. The minimum atomic E-state index is -0.114. The Morgan fingerprint density at radius 1 is 1.23 bits per heavy atom. The Kier molecular flexibility index (Phi) is 6.26. The zero-order valence-electron chi connectivity index (χ0n) is 17.5. The van der Waals surface area contributed by atoms with E-state index in [2.05, 4.69) is 28.2 Å². The van der Waals surface area contributed by atoms with Gasteiger partial charge in [-0.25, -0.2) is 0 Å². The smallest absolute Gasteiger partial charge is 0.268 e.